The maximum Gasteiger partial charge on any atom is 0.241 e. The van der Waals surface area contributed by atoms with Crippen LogP contribution >= 0.6 is 0 Å². The third-order valence-corrected chi connectivity index (χ3v) is 4.72. The van der Waals surface area contributed by atoms with Crippen LogP contribution < -0.4 is 5.32 Å². The molecule has 0 aromatic heterocycles. The maximum atomic E-state index is 12.7. The van der Waals surface area contributed by atoms with Crippen LogP contribution in [0.5, 0.6) is 0 Å². The molecule has 1 saturated carbocycles. The van der Waals surface area contributed by atoms with Gasteiger partial charge in [-0.15, -0.1) is 0 Å². The fraction of sp³-hybridized carbons (Fsp3) is 0.867. The molecule has 1 atom stereocenters. The van der Waals surface area contributed by atoms with Gasteiger partial charge in [0.15, 0.2) is 0 Å². The first kappa shape index (κ1) is 15.3. The third-order valence-electron chi connectivity index (χ3n) is 4.72. The van der Waals surface area contributed by atoms with Crippen molar-refractivity contribution in [2.24, 2.45) is 11.3 Å². The lowest BCUT2D eigenvalue weighted by Crippen LogP contribution is -2.42. The molecule has 0 aromatic rings. The van der Waals surface area contributed by atoms with Crippen molar-refractivity contribution in [3.63, 3.8) is 0 Å². The van der Waals surface area contributed by atoms with Crippen LogP contribution in [0.2, 0.25) is 0 Å². The van der Waals surface area contributed by atoms with Crippen molar-refractivity contribution in [2.45, 2.75) is 32.6 Å². The zero-order valence-electron chi connectivity index (χ0n) is 12.9. The van der Waals surface area contributed by atoms with Crippen molar-refractivity contribution in [2.75, 3.05) is 40.3 Å². The van der Waals surface area contributed by atoms with Crippen molar-refractivity contribution in [1.82, 2.24) is 15.1 Å². The Morgan fingerprint density at radius 1 is 1.25 bits per heavy atom. The SMILES string of the molecule is CCCN(CC(=O)N(C)C)C(=O)C1CC12CCNCC2. The number of piperidine rings is 1. The van der Waals surface area contributed by atoms with Gasteiger partial charge in [0.25, 0.3) is 0 Å². The molecular formula is C15H27N3O2. The normalized spacial score (nSPS) is 23.4. The van der Waals surface area contributed by atoms with Crippen molar-refractivity contribution in [3.05, 3.63) is 0 Å². The van der Waals surface area contributed by atoms with Crippen molar-refractivity contribution < 1.29 is 9.59 Å². The molecule has 2 aliphatic rings. The summed E-state index contributed by atoms with van der Waals surface area (Å²) < 4.78 is 0. The molecule has 2 amide bonds. The molecule has 0 radical (unpaired) electrons. The standard InChI is InChI=1S/C15H27N3O2/c1-4-9-18(11-13(19)17(2)3)14(20)12-10-15(12)5-7-16-8-6-15/h12,16H,4-11H2,1-3H3. The van der Waals surface area contributed by atoms with Crippen LogP contribution in [0.4, 0.5) is 0 Å². The van der Waals surface area contributed by atoms with Crippen LogP contribution in [-0.4, -0.2) is 61.9 Å². The van der Waals surface area contributed by atoms with Crippen molar-refractivity contribution >= 4 is 11.8 Å². The van der Waals surface area contributed by atoms with Crippen LogP contribution in [0.25, 0.3) is 0 Å². The minimum absolute atomic E-state index is 0.00631. The Morgan fingerprint density at radius 3 is 2.45 bits per heavy atom. The molecule has 1 saturated heterocycles. The number of hydrogen-bond acceptors (Lipinski definition) is 3. The van der Waals surface area contributed by atoms with Gasteiger partial charge in [-0.05, 0) is 44.2 Å². The van der Waals surface area contributed by atoms with Gasteiger partial charge in [-0.2, -0.15) is 0 Å². The van der Waals surface area contributed by atoms with Gasteiger partial charge in [0.1, 0.15) is 0 Å². The summed E-state index contributed by atoms with van der Waals surface area (Å²) >= 11 is 0. The van der Waals surface area contributed by atoms with Crippen molar-refractivity contribution in [3.8, 4) is 0 Å². The first-order chi connectivity index (χ1) is 9.50. The van der Waals surface area contributed by atoms with Gasteiger partial charge in [-0.25, -0.2) is 0 Å². The number of nitrogens with one attached hydrogen (secondary N) is 1. The number of hydrogen-bond donors (Lipinski definition) is 1. The first-order valence-corrected chi connectivity index (χ1v) is 7.70. The number of likely N-dealkylation sites (N-methyl/N-ethyl adjacent to an activating group) is 1. The van der Waals surface area contributed by atoms with Crippen LogP contribution in [-0.2, 0) is 9.59 Å². The Kier molecular flexibility index (Phi) is 4.68. The van der Waals surface area contributed by atoms with E-state index in [4.69, 9.17) is 0 Å². The third kappa shape index (κ3) is 3.14. The smallest absolute Gasteiger partial charge is 0.241 e. The van der Waals surface area contributed by atoms with E-state index in [1.54, 1.807) is 23.9 Å². The maximum absolute atomic E-state index is 12.7. The van der Waals surface area contributed by atoms with Gasteiger partial charge in [0.2, 0.25) is 11.8 Å². The van der Waals surface area contributed by atoms with Crippen LogP contribution in [0.3, 0.4) is 0 Å². The first-order valence-electron chi connectivity index (χ1n) is 7.70. The Balaban J connectivity index is 1.96. The molecule has 114 valence electrons. The molecule has 0 bridgehead atoms. The molecule has 1 unspecified atom stereocenters. The monoisotopic (exact) mass is 281 g/mol. The van der Waals surface area contributed by atoms with Gasteiger partial charge in [-0.3, -0.25) is 9.59 Å². The minimum Gasteiger partial charge on any atom is -0.347 e. The highest BCUT2D eigenvalue weighted by Crippen LogP contribution is 2.59. The number of rotatable bonds is 5. The summed E-state index contributed by atoms with van der Waals surface area (Å²) in [7, 11) is 3.48. The molecule has 2 fully saturated rings. The average Bonchev–Trinajstić information content (AvgIpc) is 3.11. The fourth-order valence-electron chi connectivity index (χ4n) is 3.24. The molecule has 20 heavy (non-hydrogen) atoms. The lowest BCUT2D eigenvalue weighted by molar-refractivity contribution is -0.140. The highest BCUT2D eigenvalue weighted by Gasteiger charge is 2.58. The summed E-state index contributed by atoms with van der Waals surface area (Å²) in [6, 6.07) is 0. The van der Waals surface area contributed by atoms with Crippen LogP contribution in [0.15, 0.2) is 0 Å². The summed E-state index contributed by atoms with van der Waals surface area (Å²) in [5.74, 6) is 0.363. The fourth-order valence-corrected chi connectivity index (χ4v) is 3.24. The number of carbonyl (C=O) groups is 2. The Hall–Kier alpha value is -1.10. The molecule has 0 aromatic carbocycles. The number of carbonyl (C=O) groups excluding carboxylic acids is 2. The zero-order chi connectivity index (χ0) is 14.8. The van der Waals surface area contributed by atoms with Crippen LogP contribution in [0.1, 0.15) is 32.6 Å². The van der Waals surface area contributed by atoms with E-state index in [0.29, 0.717) is 6.54 Å². The number of amides is 2. The molecule has 1 aliphatic heterocycles. The van der Waals surface area contributed by atoms with E-state index in [1.807, 2.05) is 6.92 Å². The predicted octanol–water partition coefficient (Wildman–Crippen LogP) is 0.703. The van der Waals surface area contributed by atoms with E-state index >= 15 is 0 Å². The molecule has 1 spiro atoms. The predicted molar refractivity (Wildman–Crippen MR) is 78.2 cm³/mol. The molecular weight excluding hydrogens is 254 g/mol. The summed E-state index contributed by atoms with van der Waals surface area (Å²) in [4.78, 5) is 27.9. The second-order valence-electron chi connectivity index (χ2n) is 6.42. The van der Waals surface area contributed by atoms with Gasteiger partial charge >= 0.3 is 0 Å². The topological polar surface area (TPSA) is 52.7 Å². The van der Waals surface area contributed by atoms with Crippen molar-refractivity contribution in [1.29, 1.82) is 0 Å². The molecule has 5 heteroatoms. The molecule has 1 aliphatic carbocycles. The minimum atomic E-state index is 0.00631. The highest BCUT2D eigenvalue weighted by molar-refractivity contribution is 5.87. The second kappa shape index (κ2) is 6.12. The van der Waals surface area contributed by atoms with E-state index in [1.165, 1.54) is 0 Å². The summed E-state index contributed by atoms with van der Waals surface area (Å²) in [5.41, 5.74) is 0.246. The average molecular weight is 281 g/mol. The summed E-state index contributed by atoms with van der Waals surface area (Å²) in [6.07, 6.45) is 4.12. The largest absolute Gasteiger partial charge is 0.347 e. The van der Waals surface area contributed by atoms with Crippen LogP contribution in [0, 0.1) is 11.3 Å². The molecule has 1 heterocycles. The van der Waals surface area contributed by atoms with E-state index in [0.717, 1.165) is 38.8 Å². The van der Waals surface area contributed by atoms with Gasteiger partial charge < -0.3 is 15.1 Å². The quantitative estimate of drug-likeness (QED) is 0.807. The summed E-state index contributed by atoms with van der Waals surface area (Å²) in [6.45, 7) is 5.00. The van der Waals surface area contributed by atoms with Gasteiger partial charge in [0.05, 0.1) is 6.54 Å². The summed E-state index contributed by atoms with van der Waals surface area (Å²) in [5, 5.41) is 3.36. The Labute approximate surface area is 121 Å². The second-order valence-corrected chi connectivity index (χ2v) is 6.42. The molecule has 1 N–H and O–H groups in total. The van der Waals surface area contributed by atoms with Gasteiger partial charge in [0, 0.05) is 26.6 Å². The Morgan fingerprint density at radius 2 is 1.90 bits per heavy atom. The lowest BCUT2D eigenvalue weighted by Gasteiger charge is -2.27. The molecule has 2 rings (SSSR count). The van der Waals surface area contributed by atoms with E-state index in [9.17, 15) is 9.59 Å². The lowest BCUT2D eigenvalue weighted by atomic mass is 9.91. The Bertz CT molecular complexity index is 375. The van der Waals surface area contributed by atoms with E-state index in [2.05, 4.69) is 5.32 Å². The van der Waals surface area contributed by atoms with E-state index in [-0.39, 0.29) is 29.7 Å². The van der Waals surface area contributed by atoms with E-state index < -0.39 is 0 Å². The van der Waals surface area contributed by atoms with Gasteiger partial charge in [-0.1, -0.05) is 6.92 Å². The zero-order valence-corrected chi connectivity index (χ0v) is 12.9. The highest BCUT2D eigenvalue weighted by atomic mass is 16.2. The molecule has 5 nitrogen and oxygen atoms in total. The number of nitrogens with zero attached hydrogens (tertiary/aromatic N) is 2.